The van der Waals surface area contributed by atoms with Crippen molar-refractivity contribution in [3.8, 4) is 0 Å². The fourth-order valence-corrected chi connectivity index (χ4v) is 9.92. The summed E-state index contributed by atoms with van der Waals surface area (Å²) in [4.78, 5) is 43.3. The average Bonchev–Trinajstić information content (AvgIpc) is 3.78. The minimum atomic E-state index is -4.25. The molecule has 332 valence electrons. The lowest BCUT2D eigenvalue weighted by Gasteiger charge is -2.27. The molecule has 1 fully saturated rings. The highest BCUT2D eigenvalue weighted by atomic mass is 32.2. The van der Waals surface area contributed by atoms with Gasteiger partial charge in [-0.05, 0) is 84.8 Å². The summed E-state index contributed by atoms with van der Waals surface area (Å²) in [6, 6.07) is 25.5. The summed E-state index contributed by atoms with van der Waals surface area (Å²) in [6.07, 6.45) is 25.8. The van der Waals surface area contributed by atoms with Crippen LogP contribution in [0.2, 0.25) is 0 Å². The molecule has 7 rings (SSSR count). The van der Waals surface area contributed by atoms with Crippen molar-refractivity contribution < 1.29 is 36.8 Å². The van der Waals surface area contributed by atoms with Crippen LogP contribution < -0.4 is 4.90 Å². The number of hydrogen-bond donors (Lipinski definition) is 0. The van der Waals surface area contributed by atoms with Crippen molar-refractivity contribution in [2.75, 3.05) is 23.7 Å². The zero-order chi connectivity index (χ0) is 45.5. The highest BCUT2D eigenvalue weighted by molar-refractivity contribution is 7.85. The van der Waals surface area contributed by atoms with E-state index in [2.05, 4.69) is 122 Å². The molecule has 0 bridgehead atoms. The van der Waals surface area contributed by atoms with E-state index in [1.165, 1.54) is 44.1 Å². The summed E-state index contributed by atoms with van der Waals surface area (Å²) in [5.74, 6) is -1.86. The number of amides is 2. The number of unbranched alkanes of at least 4 members (excludes halogenated alkanes) is 3. The molecule has 3 aliphatic heterocycles. The Kier molecular flexibility index (Phi) is 14.1. The van der Waals surface area contributed by atoms with Crippen LogP contribution in [0.4, 0.5) is 11.4 Å². The molecule has 0 radical (unpaired) electrons. The maximum absolute atomic E-state index is 12.4. The van der Waals surface area contributed by atoms with Gasteiger partial charge in [-0.3, -0.25) is 9.59 Å². The zero-order valence-electron chi connectivity index (χ0n) is 37.2. The van der Waals surface area contributed by atoms with Crippen molar-refractivity contribution in [3.63, 3.8) is 0 Å². The predicted molar refractivity (Wildman–Crippen MR) is 254 cm³/mol. The van der Waals surface area contributed by atoms with E-state index in [0.717, 1.165) is 30.8 Å². The minimum Gasteiger partial charge on any atom is -0.748 e. The van der Waals surface area contributed by atoms with E-state index in [1.807, 2.05) is 54.7 Å². The molecule has 4 aromatic carbocycles. The normalized spacial score (nSPS) is 18.0. The molecule has 4 aromatic rings. The smallest absolute Gasteiger partial charge is 0.333 e. The number of anilines is 1. The van der Waals surface area contributed by atoms with Gasteiger partial charge in [0, 0.05) is 72.5 Å². The van der Waals surface area contributed by atoms with E-state index in [1.54, 1.807) is 0 Å². The van der Waals surface area contributed by atoms with E-state index < -0.39 is 27.9 Å². The average molecular weight is 880 g/mol. The van der Waals surface area contributed by atoms with Crippen LogP contribution in [-0.2, 0) is 40.2 Å². The summed E-state index contributed by atoms with van der Waals surface area (Å²) < 4.78 is 36.2. The summed E-state index contributed by atoms with van der Waals surface area (Å²) in [7, 11) is -4.25. The first kappa shape index (κ1) is 45.8. The molecule has 0 saturated carbocycles. The highest BCUT2D eigenvalue weighted by Crippen LogP contribution is 2.51. The van der Waals surface area contributed by atoms with Gasteiger partial charge >= 0.3 is 5.97 Å². The van der Waals surface area contributed by atoms with Gasteiger partial charge in [0.1, 0.15) is 6.54 Å². The van der Waals surface area contributed by atoms with Crippen molar-refractivity contribution in [2.45, 2.75) is 89.9 Å². The lowest BCUT2D eigenvalue weighted by molar-refractivity contribution is -0.438. The Bertz CT molecular complexity index is 2770. The SMILES string of the molecule is CC1(C)C(/C=C/C=C/C=C/C=C/C=C/C=C2/N(CCCCS(=O)(=O)[O-])c3ccc4ccccc4c3C2(C)C)=[N+](CCCCCC(=O)ON2C(=O)CCC2=O)c2ccc3ccccc3c21. The molecule has 0 aromatic heterocycles. The Morgan fingerprint density at radius 1 is 0.703 bits per heavy atom. The van der Waals surface area contributed by atoms with E-state index in [-0.39, 0.29) is 35.8 Å². The lowest BCUT2D eigenvalue weighted by atomic mass is 9.79. The van der Waals surface area contributed by atoms with E-state index in [0.29, 0.717) is 30.9 Å². The molecule has 3 heterocycles. The number of imide groups is 1. The Balaban J connectivity index is 0.995. The minimum absolute atomic E-state index is 0.0769. The van der Waals surface area contributed by atoms with Crippen LogP contribution in [0, 0.1) is 0 Å². The topological polar surface area (TPSA) is 127 Å². The van der Waals surface area contributed by atoms with Crippen LogP contribution >= 0.6 is 0 Å². The molecule has 64 heavy (non-hydrogen) atoms. The fraction of sp³-hybridized carbons (Fsp3) is 0.321. The van der Waals surface area contributed by atoms with Crippen LogP contribution in [0.1, 0.15) is 90.2 Å². The summed E-state index contributed by atoms with van der Waals surface area (Å²) in [6.45, 7) is 10.4. The van der Waals surface area contributed by atoms with Gasteiger partial charge < -0.3 is 14.3 Å². The summed E-state index contributed by atoms with van der Waals surface area (Å²) in [5.41, 5.74) is 6.57. The second-order valence-corrected chi connectivity index (χ2v) is 19.1. The number of nitrogens with zero attached hydrogens (tertiary/aromatic N) is 3. The Morgan fingerprint density at radius 2 is 1.30 bits per heavy atom. The largest absolute Gasteiger partial charge is 0.748 e. The summed E-state index contributed by atoms with van der Waals surface area (Å²) >= 11 is 0. The molecule has 0 N–H and O–H groups in total. The highest BCUT2D eigenvalue weighted by Gasteiger charge is 2.45. The van der Waals surface area contributed by atoms with Gasteiger partial charge in [-0.2, -0.15) is 4.58 Å². The van der Waals surface area contributed by atoms with Gasteiger partial charge in [-0.1, -0.05) is 123 Å². The molecule has 11 heteroatoms. The third-order valence-electron chi connectivity index (χ3n) is 12.4. The van der Waals surface area contributed by atoms with Gasteiger partial charge in [0.15, 0.2) is 5.71 Å². The fourth-order valence-electron chi connectivity index (χ4n) is 9.37. The van der Waals surface area contributed by atoms with Crippen molar-refractivity contribution >= 4 is 66.5 Å². The van der Waals surface area contributed by atoms with E-state index in [9.17, 15) is 27.4 Å². The molecule has 10 nitrogen and oxygen atoms in total. The Labute approximate surface area is 377 Å². The van der Waals surface area contributed by atoms with Crippen LogP contribution in [-0.4, -0.2) is 64.9 Å². The quantitative estimate of drug-likeness (QED) is 0.0318. The molecule has 0 atom stereocenters. The molecule has 3 aliphatic rings. The van der Waals surface area contributed by atoms with Crippen molar-refractivity contribution in [3.05, 3.63) is 156 Å². The molecule has 1 saturated heterocycles. The molecule has 2 amide bonds. The number of rotatable bonds is 18. The second kappa shape index (κ2) is 19.7. The van der Waals surface area contributed by atoms with Gasteiger partial charge in [0.25, 0.3) is 11.8 Å². The van der Waals surface area contributed by atoms with Gasteiger partial charge in [0.2, 0.25) is 5.69 Å². The zero-order valence-corrected chi connectivity index (χ0v) is 38.0. The number of carbonyl (C=O) groups excluding carboxylic acids is 3. The van der Waals surface area contributed by atoms with Crippen LogP contribution in [0.5, 0.6) is 0 Å². The molecule has 0 spiro atoms. The van der Waals surface area contributed by atoms with Crippen LogP contribution in [0.3, 0.4) is 0 Å². The standard InChI is InChI=1S/C53H57N3O7S/c1-52(2)45(54(43-32-30-39-23-16-18-25-41(39)50(43)52)36-20-12-15-29-49(59)63-56-47(57)34-35-48(56)58)27-13-10-8-6-5-7-9-11-14-28-46-53(3,4)51-42-26-19-17-24-40(42)31-33-44(51)55(46)37-21-22-38-64(60,61)62/h5-11,13-14,16-19,23-28,30-33H,12,15,20-22,29,34-38H2,1-4H3. The Hall–Kier alpha value is -6.17. The van der Waals surface area contributed by atoms with Gasteiger partial charge in [-0.25, -0.2) is 13.2 Å². The Morgan fingerprint density at radius 3 is 1.95 bits per heavy atom. The third-order valence-corrected chi connectivity index (χ3v) is 13.2. The first-order valence-corrected chi connectivity index (χ1v) is 23.8. The molecule has 0 aliphatic carbocycles. The van der Waals surface area contributed by atoms with Gasteiger partial charge in [0.05, 0.1) is 15.5 Å². The number of allylic oxidation sites excluding steroid dienone is 12. The third kappa shape index (κ3) is 10.1. The van der Waals surface area contributed by atoms with E-state index >= 15 is 0 Å². The maximum atomic E-state index is 12.4. The maximum Gasteiger partial charge on any atom is 0.333 e. The van der Waals surface area contributed by atoms with Crippen LogP contribution in [0.15, 0.2) is 145 Å². The first-order chi connectivity index (χ1) is 30.7. The van der Waals surface area contributed by atoms with Gasteiger partial charge in [-0.15, -0.1) is 5.06 Å². The summed E-state index contributed by atoms with van der Waals surface area (Å²) in [5, 5.41) is 5.41. The number of benzene rings is 4. The second-order valence-electron chi connectivity index (χ2n) is 17.6. The van der Waals surface area contributed by atoms with Crippen molar-refractivity contribution in [1.82, 2.24) is 5.06 Å². The van der Waals surface area contributed by atoms with Crippen LogP contribution in [0.25, 0.3) is 21.5 Å². The molecule has 0 unspecified atom stereocenters. The van der Waals surface area contributed by atoms with Crippen molar-refractivity contribution in [2.24, 2.45) is 0 Å². The predicted octanol–water partition coefficient (Wildman–Crippen LogP) is 10.3. The molecular weight excluding hydrogens is 823 g/mol. The monoisotopic (exact) mass is 879 g/mol. The number of carbonyl (C=O) groups is 3. The number of hydrogen-bond acceptors (Lipinski definition) is 8. The number of fused-ring (bicyclic) bond motifs is 6. The molecular formula is C53H57N3O7S. The first-order valence-electron chi connectivity index (χ1n) is 22.2. The lowest BCUT2D eigenvalue weighted by Crippen LogP contribution is -2.31. The van der Waals surface area contributed by atoms with E-state index in [4.69, 9.17) is 4.84 Å². The number of hydroxylamine groups is 2. The van der Waals surface area contributed by atoms with Crippen molar-refractivity contribution in [1.29, 1.82) is 0 Å².